The number of aliphatic hydroxyl groups excluding tert-OH is 1. The SMILES string of the molecule is N[C@@H](CC(=O)O)[C@H](O)C(=O)O. The van der Waals surface area contributed by atoms with E-state index in [4.69, 9.17) is 21.1 Å². The molecule has 5 N–H and O–H groups in total. The minimum atomic E-state index is -1.81. The molecule has 0 saturated carbocycles. The molecule has 0 saturated heterocycles. The van der Waals surface area contributed by atoms with Gasteiger partial charge < -0.3 is 21.1 Å². The lowest BCUT2D eigenvalue weighted by atomic mass is 10.1. The molecule has 0 aliphatic heterocycles. The monoisotopic (exact) mass is 163 g/mol. The van der Waals surface area contributed by atoms with Gasteiger partial charge in [0.15, 0.2) is 6.10 Å². The van der Waals surface area contributed by atoms with Gasteiger partial charge in [0.25, 0.3) is 0 Å². The van der Waals surface area contributed by atoms with E-state index in [0.717, 1.165) is 0 Å². The van der Waals surface area contributed by atoms with Gasteiger partial charge >= 0.3 is 11.9 Å². The van der Waals surface area contributed by atoms with Gasteiger partial charge in [0.2, 0.25) is 0 Å². The molecular formula is C5H9NO5. The molecule has 0 fully saturated rings. The average Bonchev–Trinajstić information content (AvgIpc) is 1.84. The second kappa shape index (κ2) is 3.89. The Bertz CT molecular complexity index is 168. The summed E-state index contributed by atoms with van der Waals surface area (Å²) in [5, 5.41) is 24.9. The Balaban J connectivity index is 3.92. The van der Waals surface area contributed by atoms with Crippen molar-refractivity contribution in [3.8, 4) is 0 Å². The lowest BCUT2D eigenvalue weighted by molar-refractivity contribution is -0.148. The van der Waals surface area contributed by atoms with E-state index in [1.54, 1.807) is 0 Å². The van der Waals surface area contributed by atoms with Crippen LogP contribution in [-0.2, 0) is 9.59 Å². The van der Waals surface area contributed by atoms with E-state index in [-0.39, 0.29) is 0 Å². The molecule has 0 aromatic carbocycles. The molecule has 0 amide bonds. The van der Waals surface area contributed by atoms with E-state index in [1.165, 1.54) is 0 Å². The Morgan fingerprint density at radius 3 is 2.09 bits per heavy atom. The van der Waals surface area contributed by atoms with Gasteiger partial charge in [-0.1, -0.05) is 0 Å². The highest BCUT2D eigenvalue weighted by atomic mass is 16.4. The Labute approximate surface area is 62.2 Å². The summed E-state index contributed by atoms with van der Waals surface area (Å²) < 4.78 is 0. The van der Waals surface area contributed by atoms with Crippen LogP contribution in [0.25, 0.3) is 0 Å². The molecule has 2 atom stereocenters. The number of carboxylic acids is 2. The summed E-state index contributed by atoms with van der Waals surface area (Å²) in [5.74, 6) is -2.75. The van der Waals surface area contributed by atoms with Gasteiger partial charge in [0.1, 0.15) is 0 Å². The third-order valence-electron chi connectivity index (χ3n) is 1.07. The topological polar surface area (TPSA) is 121 Å². The molecule has 0 aromatic rings. The van der Waals surface area contributed by atoms with Crippen LogP contribution in [0.5, 0.6) is 0 Å². The fourth-order valence-corrected chi connectivity index (χ4v) is 0.496. The highest BCUT2D eigenvalue weighted by Gasteiger charge is 2.23. The second-order valence-electron chi connectivity index (χ2n) is 2.04. The van der Waals surface area contributed by atoms with Crippen molar-refractivity contribution < 1.29 is 24.9 Å². The second-order valence-corrected chi connectivity index (χ2v) is 2.04. The minimum Gasteiger partial charge on any atom is -0.481 e. The van der Waals surface area contributed by atoms with Crippen molar-refractivity contribution in [1.82, 2.24) is 0 Å². The molecule has 64 valence electrons. The van der Waals surface area contributed by atoms with Crippen molar-refractivity contribution in [2.24, 2.45) is 5.73 Å². The van der Waals surface area contributed by atoms with E-state index in [1.807, 2.05) is 0 Å². The van der Waals surface area contributed by atoms with Gasteiger partial charge in [-0.15, -0.1) is 0 Å². The Kier molecular flexibility index (Phi) is 3.49. The van der Waals surface area contributed by atoms with Crippen LogP contribution in [0.1, 0.15) is 6.42 Å². The van der Waals surface area contributed by atoms with Crippen LogP contribution in [0.2, 0.25) is 0 Å². The highest BCUT2D eigenvalue weighted by Crippen LogP contribution is 1.95. The van der Waals surface area contributed by atoms with Gasteiger partial charge in [0.05, 0.1) is 12.5 Å². The van der Waals surface area contributed by atoms with Crippen molar-refractivity contribution in [1.29, 1.82) is 0 Å². The molecule has 0 radical (unpaired) electrons. The summed E-state index contributed by atoms with van der Waals surface area (Å²) in [6.45, 7) is 0. The summed E-state index contributed by atoms with van der Waals surface area (Å²) in [4.78, 5) is 20.0. The maximum Gasteiger partial charge on any atom is 0.334 e. The van der Waals surface area contributed by atoms with E-state index in [9.17, 15) is 9.59 Å². The van der Waals surface area contributed by atoms with Crippen LogP contribution < -0.4 is 5.73 Å². The zero-order valence-electron chi connectivity index (χ0n) is 5.60. The molecule has 0 bridgehead atoms. The number of rotatable bonds is 4. The lowest BCUT2D eigenvalue weighted by Gasteiger charge is -2.11. The van der Waals surface area contributed by atoms with Crippen molar-refractivity contribution >= 4 is 11.9 Å². The Morgan fingerprint density at radius 2 is 1.82 bits per heavy atom. The lowest BCUT2D eigenvalue weighted by Crippen LogP contribution is -2.41. The van der Waals surface area contributed by atoms with Gasteiger partial charge in [-0.25, -0.2) is 4.79 Å². The number of hydrogen-bond acceptors (Lipinski definition) is 4. The first-order valence-electron chi connectivity index (χ1n) is 2.83. The predicted octanol–water partition coefficient (Wildman–Crippen LogP) is -1.77. The first-order valence-corrected chi connectivity index (χ1v) is 2.83. The maximum absolute atomic E-state index is 10.00. The van der Waals surface area contributed by atoms with E-state index < -0.39 is 30.5 Å². The molecule has 0 rings (SSSR count). The fraction of sp³-hybridized carbons (Fsp3) is 0.600. The normalized spacial score (nSPS) is 15.5. The van der Waals surface area contributed by atoms with Gasteiger partial charge in [0, 0.05) is 0 Å². The molecule has 0 heterocycles. The maximum atomic E-state index is 10.00. The van der Waals surface area contributed by atoms with Crippen molar-refractivity contribution in [3.05, 3.63) is 0 Å². The van der Waals surface area contributed by atoms with Gasteiger partial charge in [-0.2, -0.15) is 0 Å². The quantitative estimate of drug-likeness (QED) is 0.389. The molecule has 0 spiro atoms. The van der Waals surface area contributed by atoms with E-state index in [0.29, 0.717) is 0 Å². The summed E-state index contributed by atoms with van der Waals surface area (Å²) in [7, 11) is 0. The standard InChI is InChI=1S/C5H9NO5/c6-2(1-3(7)8)4(9)5(10)11/h2,4,9H,1,6H2,(H,7,8)(H,10,11)/t2-,4-/m0/s1. The third kappa shape index (κ3) is 3.54. The number of aliphatic carboxylic acids is 2. The highest BCUT2D eigenvalue weighted by molar-refractivity contribution is 5.75. The molecule has 6 heteroatoms. The first kappa shape index (κ1) is 9.86. The summed E-state index contributed by atoms with van der Waals surface area (Å²) in [6.07, 6.45) is -2.38. The van der Waals surface area contributed by atoms with Crippen molar-refractivity contribution in [2.75, 3.05) is 0 Å². The molecule has 11 heavy (non-hydrogen) atoms. The van der Waals surface area contributed by atoms with E-state index >= 15 is 0 Å². The first-order chi connectivity index (χ1) is 4.95. The smallest absolute Gasteiger partial charge is 0.334 e. The van der Waals surface area contributed by atoms with Crippen LogP contribution in [0.3, 0.4) is 0 Å². The van der Waals surface area contributed by atoms with Crippen LogP contribution >= 0.6 is 0 Å². The van der Waals surface area contributed by atoms with Crippen LogP contribution in [0.15, 0.2) is 0 Å². The zero-order valence-corrected chi connectivity index (χ0v) is 5.60. The average molecular weight is 163 g/mol. The number of nitrogens with two attached hydrogens (primary N) is 1. The zero-order chi connectivity index (χ0) is 9.02. The third-order valence-corrected chi connectivity index (χ3v) is 1.07. The number of aliphatic hydroxyl groups is 1. The summed E-state index contributed by atoms with van der Waals surface area (Å²) >= 11 is 0. The summed E-state index contributed by atoms with van der Waals surface area (Å²) in [5.41, 5.74) is 5.01. The van der Waals surface area contributed by atoms with Crippen LogP contribution in [0, 0.1) is 0 Å². The molecule has 0 aromatic heterocycles. The van der Waals surface area contributed by atoms with Gasteiger partial charge in [-0.05, 0) is 0 Å². The summed E-state index contributed by atoms with van der Waals surface area (Å²) in [6, 6.07) is -1.26. The molecule has 0 unspecified atom stereocenters. The Hall–Kier alpha value is -1.14. The Morgan fingerprint density at radius 1 is 1.36 bits per heavy atom. The number of carboxylic acid groups (broad SMARTS) is 2. The van der Waals surface area contributed by atoms with Crippen molar-refractivity contribution in [2.45, 2.75) is 18.6 Å². The number of hydrogen-bond donors (Lipinski definition) is 4. The molecular weight excluding hydrogens is 154 g/mol. The fourth-order valence-electron chi connectivity index (χ4n) is 0.496. The predicted molar refractivity (Wildman–Crippen MR) is 33.9 cm³/mol. The van der Waals surface area contributed by atoms with Crippen LogP contribution in [-0.4, -0.2) is 39.4 Å². The van der Waals surface area contributed by atoms with Crippen molar-refractivity contribution in [3.63, 3.8) is 0 Å². The van der Waals surface area contributed by atoms with Crippen LogP contribution in [0.4, 0.5) is 0 Å². The van der Waals surface area contributed by atoms with Gasteiger partial charge in [-0.3, -0.25) is 4.79 Å². The molecule has 0 aliphatic carbocycles. The van der Waals surface area contributed by atoms with E-state index in [2.05, 4.69) is 0 Å². The molecule has 6 nitrogen and oxygen atoms in total. The molecule has 0 aliphatic rings. The minimum absolute atomic E-state index is 0.562. The largest absolute Gasteiger partial charge is 0.481 e. The number of carbonyl (C=O) groups is 2.